The van der Waals surface area contributed by atoms with Crippen LogP contribution in [0, 0.1) is 0 Å². The Balaban J connectivity index is 0. The summed E-state index contributed by atoms with van der Waals surface area (Å²) in [6.45, 7) is 13.3. The molecule has 0 aromatic carbocycles. The first-order valence-electron chi connectivity index (χ1n) is 6.41. The van der Waals surface area contributed by atoms with E-state index in [4.69, 9.17) is 9.47 Å². The summed E-state index contributed by atoms with van der Waals surface area (Å²) in [4.78, 5) is 20.9. The molecule has 1 rings (SSSR count). The number of carbonyl (C=O) groups is 2. The van der Waals surface area contributed by atoms with Crippen LogP contribution in [0.3, 0.4) is 0 Å². The second-order valence-electron chi connectivity index (χ2n) is 3.53. The smallest absolute Gasteiger partial charge is 0.198 e. The van der Waals surface area contributed by atoms with Crippen molar-refractivity contribution in [3.05, 3.63) is 13.2 Å². The van der Waals surface area contributed by atoms with E-state index in [1.807, 2.05) is 20.8 Å². The fourth-order valence-corrected chi connectivity index (χ4v) is 1.37. The molecule has 4 nitrogen and oxygen atoms in total. The molecule has 0 spiro atoms. The Morgan fingerprint density at radius 2 is 1.33 bits per heavy atom. The van der Waals surface area contributed by atoms with Gasteiger partial charge in [0.2, 0.25) is 0 Å². The van der Waals surface area contributed by atoms with Crippen molar-refractivity contribution < 1.29 is 19.1 Å². The molecule has 0 radical (unpaired) electrons. The summed E-state index contributed by atoms with van der Waals surface area (Å²) in [6.07, 6.45) is 2.75. The van der Waals surface area contributed by atoms with E-state index in [0.717, 1.165) is 26.1 Å². The van der Waals surface area contributed by atoms with Crippen LogP contribution in [0.1, 0.15) is 46.5 Å². The number of ketones is 2. The highest BCUT2D eigenvalue weighted by Crippen LogP contribution is 2.09. The number of hydrogen-bond donors (Lipinski definition) is 0. The highest BCUT2D eigenvalue weighted by atomic mass is 16.7. The van der Waals surface area contributed by atoms with Crippen LogP contribution < -0.4 is 0 Å². The number of Topliss-reactive ketones (excluding diaryl/α,β-unsaturated/α-hetero) is 2. The summed E-state index contributed by atoms with van der Waals surface area (Å²) in [5, 5.41) is 0. The highest BCUT2D eigenvalue weighted by Gasteiger charge is 2.16. The van der Waals surface area contributed by atoms with Crippen molar-refractivity contribution in [2.24, 2.45) is 0 Å². The van der Waals surface area contributed by atoms with Gasteiger partial charge in [-0.2, -0.15) is 0 Å². The largest absolute Gasteiger partial charge is 0.353 e. The normalized spacial score (nSPS) is 14.4. The molecule has 0 unspecified atom stereocenters. The predicted octanol–water partition coefficient (Wildman–Crippen LogP) is 2.91. The molecule has 0 atom stereocenters. The van der Waals surface area contributed by atoms with Crippen molar-refractivity contribution in [2.45, 2.75) is 52.7 Å². The van der Waals surface area contributed by atoms with Gasteiger partial charge in [-0.1, -0.05) is 0 Å². The van der Waals surface area contributed by atoms with Crippen LogP contribution in [0.25, 0.3) is 0 Å². The Morgan fingerprint density at radius 3 is 1.56 bits per heavy atom. The molecule has 4 heteroatoms. The summed E-state index contributed by atoms with van der Waals surface area (Å²) in [5.74, 6) is -0.340. The van der Waals surface area contributed by atoms with Gasteiger partial charge in [-0.25, -0.2) is 0 Å². The fourth-order valence-electron chi connectivity index (χ4n) is 1.37. The molecule has 0 aromatic heterocycles. The average molecular weight is 258 g/mol. The molecule has 1 aliphatic rings. The van der Waals surface area contributed by atoms with Crippen LogP contribution >= 0.6 is 0 Å². The van der Waals surface area contributed by atoms with E-state index in [1.165, 1.54) is 0 Å². The van der Waals surface area contributed by atoms with E-state index in [1.54, 1.807) is 0 Å². The minimum Gasteiger partial charge on any atom is -0.353 e. The molecule has 1 saturated carbocycles. The van der Waals surface area contributed by atoms with Crippen LogP contribution in [0.4, 0.5) is 0 Å². The Kier molecular flexibility index (Phi) is 15.1. The first kappa shape index (κ1) is 19.3. The molecule has 0 aliphatic heterocycles. The molecule has 0 amide bonds. The summed E-state index contributed by atoms with van der Waals surface area (Å²) in [7, 11) is 0. The van der Waals surface area contributed by atoms with Gasteiger partial charge in [0.05, 0.1) is 0 Å². The van der Waals surface area contributed by atoms with Crippen LogP contribution in [0.15, 0.2) is 13.2 Å². The zero-order valence-corrected chi connectivity index (χ0v) is 11.9. The number of ether oxygens (including phenoxy) is 2. The second kappa shape index (κ2) is 14.1. The molecule has 0 aromatic rings. The Morgan fingerprint density at radius 1 is 1.00 bits per heavy atom. The van der Waals surface area contributed by atoms with Crippen molar-refractivity contribution in [3.8, 4) is 0 Å². The molecule has 1 fully saturated rings. The lowest BCUT2D eigenvalue weighted by Gasteiger charge is -2.09. The Bertz CT molecular complexity index is 204. The maximum atomic E-state index is 10.4. The molecular formula is C14H26O4. The zero-order chi connectivity index (χ0) is 14.4. The third-order valence-electron chi connectivity index (χ3n) is 2.17. The standard InChI is InChI=1S/C6H8O2.C6H14O2.C2H4/c7-5-3-1-2-4-6(5)8;1-4-7-6(3)8-5-2;1-2/h1-4H2;6H,4-5H2,1-3H3;1-2H2. The van der Waals surface area contributed by atoms with E-state index >= 15 is 0 Å². The Labute approximate surface area is 110 Å². The molecule has 0 N–H and O–H groups in total. The lowest BCUT2D eigenvalue weighted by Crippen LogP contribution is -2.17. The summed E-state index contributed by atoms with van der Waals surface area (Å²) in [5.41, 5.74) is 0. The molecular weight excluding hydrogens is 232 g/mol. The van der Waals surface area contributed by atoms with Crippen molar-refractivity contribution in [2.75, 3.05) is 13.2 Å². The zero-order valence-electron chi connectivity index (χ0n) is 11.9. The van der Waals surface area contributed by atoms with Gasteiger partial charge >= 0.3 is 0 Å². The maximum Gasteiger partial charge on any atom is 0.198 e. The van der Waals surface area contributed by atoms with Gasteiger partial charge in [-0.15, -0.1) is 13.2 Å². The predicted molar refractivity (Wildman–Crippen MR) is 72.5 cm³/mol. The minimum atomic E-state index is -0.170. The van der Waals surface area contributed by atoms with E-state index in [0.29, 0.717) is 12.8 Å². The van der Waals surface area contributed by atoms with Crippen molar-refractivity contribution in [1.82, 2.24) is 0 Å². The fraction of sp³-hybridized carbons (Fsp3) is 0.714. The molecule has 1 aliphatic carbocycles. The van der Waals surface area contributed by atoms with E-state index in [2.05, 4.69) is 13.2 Å². The topological polar surface area (TPSA) is 52.6 Å². The monoisotopic (exact) mass is 258 g/mol. The van der Waals surface area contributed by atoms with Crippen molar-refractivity contribution >= 4 is 11.6 Å². The highest BCUT2D eigenvalue weighted by molar-refractivity contribution is 6.37. The first-order chi connectivity index (χ1) is 8.61. The SMILES string of the molecule is C=C.CCOC(C)OCC.O=C1CCCCC1=O. The summed E-state index contributed by atoms with van der Waals surface area (Å²) < 4.78 is 10.1. The van der Waals surface area contributed by atoms with Gasteiger partial charge in [0.15, 0.2) is 17.9 Å². The molecule has 0 heterocycles. The van der Waals surface area contributed by atoms with E-state index in [9.17, 15) is 9.59 Å². The van der Waals surface area contributed by atoms with Gasteiger partial charge in [0.25, 0.3) is 0 Å². The minimum absolute atomic E-state index is 0.0370. The maximum absolute atomic E-state index is 10.4. The number of hydrogen-bond acceptors (Lipinski definition) is 4. The molecule has 106 valence electrons. The van der Waals surface area contributed by atoms with Crippen LogP contribution in [-0.4, -0.2) is 31.1 Å². The number of rotatable bonds is 4. The Hall–Kier alpha value is -1.00. The third kappa shape index (κ3) is 11.5. The lowest BCUT2D eigenvalue weighted by molar-refractivity contribution is -0.137. The summed E-state index contributed by atoms with van der Waals surface area (Å²) in [6, 6.07) is 0. The quantitative estimate of drug-likeness (QED) is 0.442. The number of carbonyl (C=O) groups excluding carboxylic acids is 2. The van der Waals surface area contributed by atoms with E-state index < -0.39 is 0 Å². The lowest BCUT2D eigenvalue weighted by atomic mass is 9.98. The molecule has 0 saturated heterocycles. The van der Waals surface area contributed by atoms with Gasteiger partial charge in [-0.3, -0.25) is 9.59 Å². The average Bonchev–Trinajstić information content (AvgIpc) is 2.37. The first-order valence-corrected chi connectivity index (χ1v) is 6.41. The van der Waals surface area contributed by atoms with Gasteiger partial charge < -0.3 is 9.47 Å². The van der Waals surface area contributed by atoms with Gasteiger partial charge in [0, 0.05) is 26.1 Å². The van der Waals surface area contributed by atoms with Gasteiger partial charge in [-0.05, 0) is 33.6 Å². The van der Waals surface area contributed by atoms with Gasteiger partial charge in [0.1, 0.15) is 0 Å². The van der Waals surface area contributed by atoms with Crippen LogP contribution in [0.2, 0.25) is 0 Å². The second-order valence-corrected chi connectivity index (χ2v) is 3.53. The summed E-state index contributed by atoms with van der Waals surface area (Å²) >= 11 is 0. The third-order valence-corrected chi connectivity index (χ3v) is 2.17. The van der Waals surface area contributed by atoms with Crippen molar-refractivity contribution in [3.63, 3.8) is 0 Å². The van der Waals surface area contributed by atoms with Crippen molar-refractivity contribution in [1.29, 1.82) is 0 Å². The van der Waals surface area contributed by atoms with E-state index in [-0.39, 0.29) is 17.9 Å². The molecule has 0 bridgehead atoms. The van der Waals surface area contributed by atoms with Crippen LogP contribution in [-0.2, 0) is 19.1 Å². The molecule has 18 heavy (non-hydrogen) atoms. The van der Waals surface area contributed by atoms with Crippen LogP contribution in [0.5, 0.6) is 0 Å².